The summed E-state index contributed by atoms with van der Waals surface area (Å²) in [5.74, 6) is -1.06. The second-order valence-electron chi connectivity index (χ2n) is 12.4. The van der Waals surface area contributed by atoms with Gasteiger partial charge < -0.3 is 20.3 Å². The van der Waals surface area contributed by atoms with E-state index in [1.807, 2.05) is 85.7 Å². The number of para-hydroxylation sites is 1. The molecule has 2 unspecified atom stereocenters. The number of carbonyl (C=O) groups is 3. The summed E-state index contributed by atoms with van der Waals surface area (Å²) in [5.41, 5.74) is 2.23. The molecule has 2 atom stereocenters. The van der Waals surface area contributed by atoms with E-state index in [0.717, 1.165) is 22.3 Å². The van der Waals surface area contributed by atoms with Gasteiger partial charge in [-0.1, -0.05) is 55.8 Å². The Balaban J connectivity index is 2.70. The van der Waals surface area contributed by atoms with Crippen molar-refractivity contribution >= 4 is 35.2 Å². The average molecular weight is 558 g/mol. The third-order valence-corrected chi connectivity index (χ3v) is 6.67. The van der Waals surface area contributed by atoms with Gasteiger partial charge in [0, 0.05) is 5.54 Å². The summed E-state index contributed by atoms with van der Waals surface area (Å²) >= 11 is 6.46. The summed E-state index contributed by atoms with van der Waals surface area (Å²) in [7, 11) is 0. The van der Waals surface area contributed by atoms with E-state index in [2.05, 4.69) is 10.6 Å². The van der Waals surface area contributed by atoms with E-state index in [0.29, 0.717) is 10.7 Å². The Labute approximate surface area is 238 Å². The molecule has 7 nitrogen and oxygen atoms in total. The number of carbonyl (C=O) groups excluding carboxylic acids is 3. The lowest BCUT2D eigenvalue weighted by atomic mass is 9.89. The summed E-state index contributed by atoms with van der Waals surface area (Å²) in [4.78, 5) is 43.0. The molecule has 2 rings (SSSR count). The molecule has 2 N–H and O–H groups in total. The number of nitrogens with zero attached hydrogens (tertiary/aromatic N) is 1. The Morgan fingerprint density at radius 3 is 1.85 bits per heavy atom. The van der Waals surface area contributed by atoms with Gasteiger partial charge >= 0.3 is 6.09 Å². The third kappa shape index (κ3) is 8.21. The van der Waals surface area contributed by atoms with Gasteiger partial charge in [-0.25, -0.2) is 4.79 Å². The molecule has 0 saturated carbocycles. The fraction of sp³-hybridized carbons (Fsp3) is 0.516. The number of hydrogen-bond acceptors (Lipinski definition) is 4. The molecule has 0 aromatic heterocycles. The Bertz CT molecular complexity index is 1170. The van der Waals surface area contributed by atoms with Crippen LogP contribution in [0.3, 0.4) is 0 Å². The van der Waals surface area contributed by atoms with Crippen molar-refractivity contribution in [2.45, 2.75) is 99.4 Å². The Hall–Kier alpha value is -3.06. The molecular weight excluding hydrogens is 514 g/mol. The van der Waals surface area contributed by atoms with E-state index >= 15 is 0 Å². The zero-order chi connectivity index (χ0) is 29.9. The molecule has 2 aromatic carbocycles. The van der Waals surface area contributed by atoms with Crippen molar-refractivity contribution in [3.05, 3.63) is 63.7 Å². The molecule has 39 heavy (non-hydrogen) atoms. The van der Waals surface area contributed by atoms with Crippen molar-refractivity contribution in [1.82, 2.24) is 10.2 Å². The van der Waals surface area contributed by atoms with E-state index < -0.39 is 35.2 Å². The number of halogens is 1. The molecule has 0 heterocycles. The number of anilines is 1. The Morgan fingerprint density at radius 2 is 1.38 bits per heavy atom. The van der Waals surface area contributed by atoms with Crippen molar-refractivity contribution in [1.29, 1.82) is 0 Å². The van der Waals surface area contributed by atoms with Gasteiger partial charge in [0.05, 0.1) is 10.7 Å². The number of amides is 3. The van der Waals surface area contributed by atoms with E-state index in [9.17, 15) is 14.4 Å². The topological polar surface area (TPSA) is 87.7 Å². The van der Waals surface area contributed by atoms with Crippen molar-refractivity contribution < 1.29 is 19.1 Å². The van der Waals surface area contributed by atoms with Crippen LogP contribution in [-0.2, 0) is 14.3 Å². The number of rotatable bonds is 7. The second kappa shape index (κ2) is 12.4. The predicted molar refractivity (Wildman–Crippen MR) is 158 cm³/mol. The minimum Gasteiger partial charge on any atom is -0.444 e. The standard InChI is InChI=1S/C31H44ClN3O4/c1-18(2)24(34-29(38)39-31(9,10)11)28(37)35(30(6,7)8)26(23-19(3)14-12-15-20(23)4)27(36)33-25-21(5)16-13-17-22(25)32/h12-18,24,26H,1-11H3,(H,33,36)(H,34,38). The average Bonchev–Trinajstić information content (AvgIpc) is 2.76. The number of benzene rings is 2. The molecule has 0 aliphatic rings. The highest BCUT2D eigenvalue weighted by Gasteiger charge is 2.43. The molecule has 0 aliphatic heterocycles. The van der Waals surface area contributed by atoms with Gasteiger partial charge in [-0.2, -0.15) is 0 Å². The van der Waals surface area contributed by atoms with E-state index in [1.165, 1.54) is 0 Å². The molecule has 2 aromatic rings. The molecule has 0 radical (unpaired) electrons. The van der Waals surface area contributed by atoms with Crippen LogP contribution in [0.2, 0.25) is 5.02 Å². The number of ether oxygens (including phenoxy) is 1. The van der Waals surface area contributed by atoms with E-state index in [1.54, 1.807) is 31.7 Å². The highest BCUT2D eigenvalue weighted by Crippen LogP contribution is 2.36. The van der Waals surface area contributed by atoms with Crippen LogP contribution < -0.4 is 10.6 Å². The van der Waals surface area contributed by atoms with Crippen LogP contribution in [0.15, 0.2) is 36.4 Å². The summed E-state index contributed by atoms with van der Waals surface area (Å²) in [6, 6.07) is 9.23. The van der Waals surface area contributed by atoms with Crippen molar-refractivity contribution in [2.24, 2.45) is 5.92 Å². The summed E-state index contributed by atoms with van der Waals surface area (Å²) in [6.45, 7) is 20.3. The maximum atomic E-state index is 14.4. The van der Waals surface area contributed by atoms with Crippen molar-refractivity contribution in [2.75, 3.05) is 5.32 Å². The zero-order valence-electron chi connectivity index (χ0n) is 25.2. The van der Waals surface area contributed by atoms with E-state index in [4.69, 9.17) is 16.3 Å². The minimum atomic E-state index is -1.00. The first kappa shape index (κ1) is 32.2. The number of aryl methyl sites for hydroxylation is 3. The van der Waals surface area contributed by atoms with Crippen molar-refractivity contribution in [3.63, 3.8) is 0 Å². The van der Waals surface area contributed by atoms with Crippen LogP contribution in [0.25, 0.3) is 0 Å². The number of nitrogens with one attached hydrogen (secondary N) is 2. The van der Waals surface area contributed by atoms with E-state index in [-0.39, 0.29) is 11.8 Å². The van der Waals surface area contributed by atoms with Crippen LogP contribution in [0.1, 0.15) is 83.7 Å². The van der Waals surface area contributed by atoms with Gasteiger partial charge in [-0.3, -0.25) is 9.59 Å². The largest absolute Gasteiger partial charge is 0.444 e. The molecule has 0 bridgehead atoms. The third-order valence-electron chi connectivity index (χ3n) is 6.36. The van der Waals surface area contributed by atoms with Crippen molar-refractivity contribution in [3.8, 4) is 0 Å². The van der Waals surface area contributed by atoms with Gasteiger partial charge in [0.25, 0.3) is 5.91 Å². The maximum absolute atomic E-state index is 14.4. The molecule has 3 amide bonds. The quantitative estimate of drug-likeness (QED) is 0.379. The Kier molecular flexibility index (Phi) is 10.2. The molecule has 0 fully saturated rings. The van der Waals surface area contributed by atoms with Crippen LogP contribution >= 0.6 is 11.6 Å². The number of hydrogen-bond donors (Lipinski definition) is 2. The fourth-order valence-corrected chi connectivity index (χ4v) is 4.83. The lowest BCUT2D eigenvalue weighted by molar-refractivity contribution is -0.147. The molecule has 214 valence electrons. The monoisotopic (exact) mass is 557 g/mol. The minimum absolute atomic E-state index is 0.276. The summed E-state index contributed by atoms with van der Waals surface area (Å²) in [6.07, 6.45) is -0.692. The fourth-order valence-electron chi connectivity index (χ4n) is 4.56. The smallest absolute Gasteiger partial charge is 0.408 e. The van der Waals surface area contributed by atoms with Gasteiger partial charge in [0.1, 0.15) is 17.7 Å². The first-order valence-corrected chi connectivity index (χ1v) is 13.7. The molecule has 0 aliphatic carbocycles. The second-order valence-corrected chi connectivity index (χ2v) is 12.8. The van der Waals surface area contributed by atoms with Gasteiger partial charge in [0.15, 0.2) is 0 Å². The maximum Gasteiger partial charge on any atom is 0.408 e. The van der Waals surface area contributed by atoms with Crippen LogP contribution in [0.4, 0.5) is 10.5 Å². The highest BCUT2D eigenvalue weighted by atomic mass is 35.5. The lowest BCUT2D eigenvalue weighted by Gasteiger charge is -2.44. The molecular formula is C31H44ClN3O4. The highest BCUT2D eigenvalue weighted by molar-refractivity contribution is 6.34. The van der Waals surface area contributed by atoms with Crippen LogP contribution in [-0.4, -0.2) is 40.0 Å². The molecule has 0 saturated heterocycles. The first-order valence-electron chi connectivity index (χ1n) is 13.3. The predicted octanol–water partition coefficient (Wildman–Crippen LogP) is 7.12. The summed E-state index contributed by atoms with van der Waals surface area (Å²) in [5, 5.41) is 6.17. The first-order chi connectivity index (χ1) is 17.8. The zero-order valence-corrected chi connectivity index (χ0v) is 25.9. The number of alkyl carbamates (subject to hydrolysis) is 1. The molecule has 0 spiro atoms. The lowest BCUT2D eigenvalue weighted by Crippen LogP contribution is -2.59. The SMILES string of the molecule is Cc1cccc(Cl)c1NC(=O)C(c1c(C)cccc1C)N(C(=O)C(NC(=O)OC(C)(C)C)C(C)C)C(C)(C)C. The van der Waals surface area contributed by atoms with Crippen LogP contribution in [0, 0.1) is 26.7 Å². The Morgan fingerprint density at radius 1 is 0.872 bits per heavy atom. The van der Waals surface area contributed by atoms with Crippen LogP contribution in [0.5, 0.6) is 0 Å². The normalized spacial score (nSPS) is 13.5. The summed E-state index contributed by atoms with van der Waals surface area (Å²) < 4.78 is 5.46. The van der Waals surface area contributed by atoms with Gasteiger partial charge in [-0.05, 0) is 96.6 Å². The van der Waals surface area contributed by atoms with Gasteiger partial charge in [0.2, 0.25) is 5.91 Å². The molecule has 8 heteroatoms. The van der Waals surface area contributed by atoms with Gasteiger partial charge in [-0.15, -0.1) is 0 Å².